The number of hydrogen-bond acceptors (Lipinski definition) is 0. The average molecular weight is 749 g/mol. The maximum absolute atomic E-state index is 2.48. The average Bonchev–Trinajstić information content (AvgIpc) is 3.52. The zero-order valence-corrected chi connectivity index (χ0v) is 33.2. The molecule has 59 heavy (non-hydrogen) atoms. The molecule has 3 aliphatic carbocycles. The molecule has 10 aromatic carbocycles. The van der Waals surface area contributed by atoms with Gasteiger partial charge in [-0.25, -0.2) is 0 Å². The van der Waals surface area contributed by atoms with Crippen LogP contribution in [-0.2, 0) is 11.8 Å². The minimum Gasteiger partial charge on any atom is -0.0795 e. The Labute approximate surface area is 344 Å². The molecule has 0 N–H and O–H groups in total. The van der Waals surface area contributed by atoms with Gasteiger partial charge in [-0.3, -0.25) is 0 Å². The zero-order chi connectivity index (χ0) is 39.0. The van der Waals surface area contributed by atoms with Crippen LogP contribution >= 0.6 is 0 Å². The van der Waals surface area contributed by atoms with Gasteiger partial charge in [0.25, 0.3) is 0 Å². The van der Waals surface area contributed by atoms with E-state index in [0.717, 1.165) is 12.8 Å². The zero-order valence-electron chi connectivity index (χ0n) is 33.2. The third-order valence-corrected chi connectivity index (χ3v) is 14.1. The van der Waals surface area contributed by atoms with Gasteiger partial charge in [0.05, 0.1) is 0 Å². The van der Waals surface area contributed by atoms with Gasteiger partial charge < -0.3 is 0 Å². The first kappa shape index (κ1) is 33.0. The van der Waals surface area contributed by atoms with Gasteiger partial charge in [-0.2, -0.15) is 0 Å². The topological polar surface area (TPSA) is 0 Å². The van der Waals surface area contributed by atoms with E-state index in [2.05, 4.69) is 196 Å². The maximum atomic E-state index is 2.48. The highest BCUT2D eigenvalue weighted by Gasteiger charge is 2.36. The van der Waals surface area contributed by atoms with Gasteiger partial charge in [0.15, 0.2) is 0 Å². The maximum Gasteiger partial charge on any atom is 0.0159 e. The van der Waals surface area contributed by atoms with Crippen LogP contribution in [0.3, 0.4) is 0 Å². The fraction of sp³-hybridized carbons (Fsp3) is 0.0847. The molecule has 13 rings (SSSR count). The SMILES string of the molecule is CC1(C)c2cc(-c3ccc(-c4ccc(-c5ccc6ccc7cccc8ccc5c6c78)cc4)cc3)ccc2-c2ccc(-c3ccc4c5c6c(ccc35)C=CCC6=CC4)cc21. The molecule has 0 bridgehead atoms. The van der Waals surface area contributed by atoms with Crippen LogP contribution in [0.5, 0.6) is 0 Å². The second-order valence-corrected chi connectivity index (χ2v) is 17.5. The van der Waals surface area contributed by atoms with Crippen LogP contribution in [0.1, 0.15) is 48.1 Å². The van der Waals surface area contributed by atoms with Crippen molar-refractivity contribution >= 4 is 54.7 Å². The lowest BCUT2D eigenvalue weighted by Gasteiger charge is -2.25. The van der Waals surface area contributed by atoms with Gasteiger partial charge in [-0.1, -0.05) is 184 Å². The highest BCUT2D eigenvalue weighted by atomic mass is 14.4. The first-order chi connectivity index (χ1) is 29.0. The Morgan fingerprint density at radius 3 is 1.68 bits per heavy atom. The van der Waals surface area contributed by atoms with Gasteiger partial charge in [0.2, 0.25) is 0 Å². The van der Waals surface area contributed by atoms with Gasteiger partial charge in [-0.05, 0) is 157 Å². The number of allylic oxidation sites excluding steroid dienone is 3. The second-order valence-electron chi connectivity index (χ2n) is 17.5. The van der Waals surface area contributed by atoms with Crippen LogP contribution < -0.4 is 0 Å². The summed E-state index contributed by atoms with van der Waals surface area (Å²) >= 11 is 0. The summed E-state index contributed by atoms with van der Waals surface area (Å²) in [6.45, 7) is 4.81. The summed E-state index contributed by atoms with van der Waals surface area (Å²) in [5, 5.41) is 10.8. The molecule has 0 radical (unpaired) electrons. The molecular formula is C59H40. The minimum absolute atomic E-state index is 0.117. The molecule has 276 valence electrons. The molecule has 0 spiro atoms. The van der Waals surface area contributed by atoms with Crippen molar-refractivity contribution in [2.24, 2.45) is 0 Å². The highest BCUT2D eigenvalue weighted by Crippen LogP contribution is 2.52. The summed E-state index contributed by atoms with van der Waals surface area (Å²) in [5.41, 5.74) is 21.3. The molecule has 0 amide bonds. The lowest BCUT2D eigenvalue weighted by Crippen LogP contribution is -2.15. The fourth-order valence-corrected chi connectivity index (χ4v) is 11.0. The van der Waals surface area contributed by atoms with Crippen molar-refractivity contribution in [2.75, 3.05) is 0 Å². The summed E-state index contributed by atoms with van der Waals surface area (Å²) in [6, 6.07) is 62.3. The van der Waals surface area contributed by atoms with Crippen LogP contribution in [0, 0.1) is 0 Å². The molecule has 0 atom stereocenters. The van der Waals surface area contributed by atoms with E-state index in [-0.39, 0.29) is 5.41 Å². The predicted octanol–water partition coefficient (Wildman–Crippen LogP) is 16.1. The summed E-state index contributed by atoms with van der Waals surface area (Å²) in [6.07, 6.45) is 9.11. The van der Waals surface area contributed by atoms with E-state index in [1.807, 2.05) is 0 Å². The number of hydrogen-bond donors (Lipinski definition) is 0. The Morgan fingerprint density at radius 2 is 0.932 bits per heavy atom. The third-order valence-electron chi connectivity index (χ3n) is 14.1. The van der Waals surface area contributed by atoms with Crippen LogP contribution in [-0.4, -0.2) is 0 Å². The van der Waals surface area contributed by atoms with E-state index in [1.165, 1.54) is 132 Å². The van der Waals surface area contributed by atoms with Gasteiger partial charge in [-0.15, -0.1) is 0 Å². The second kappa shape index (κ2) is 12.0. The monoisotopic (exact) mass is 748 g/mol. The largest absolute Gasteiger partial charge is 0.0795 e. The van der Waals surface area contributed by atoms with Crippen molar-refractivity contribution in [2.45, 2.75) is 32.1 Å². The van der Waals surface area contributed by atoms with E-state index in [9.17, 15) is 0 Å². The first-order valence-corrected chi connectivity index (χ1v) is 21.1. The third kappa shape index (κ3) is 4.72. The standard InChI is InChI=1S/C59H40/c1-59(2)53-33-45(25-29-49(53)50-30-26-46(34-54(50)59)48-28-22-44-20-18-40-6-4-8-42-24-32-52(48)58(44)56(40)42)37-11-9-35(10-12-37)36-13-15-38(16-14-36)47-27-21-43-19-17-39-5-3-7-41-23-31-51(47)57(43)55(39)41/h3-5,7-19,21-34H,6,20H2,1-2H3. The molecule has 0 saturated heterocycles. The van der Waals surface area contributed by atoms with E-state index >= 15 is 0 Å². The van der Waals surface area contributed by atoms with Gasteiger partial charge in [0, 0.05) is 5.41 Å². The van der Waals surface area contributed by atoms with Crippen molar-refractivity contribution in [3.63, 3.8) is 0 Å². The summed E-state index contributed by atoms with van der Waals surface area (Å²) in [5.74, 6) is 0. The molecule has 0 saturated carbocycles. The normalized spacial score (nSPS) is 14.6. The molecule has 10 aromatic rings. The van der Waals surface area contributed by atoms with E-state index in [0.29, 0.717) is 0 Å². The molecule has 3 aliphatic rings. The Bertz CT molecular complexity index is 3460. The highest BCUT2D eigenvalue weighted by molar-refractivity contribution is 6.25. The van der Waals surface area contributed by atoms with Crippen molar-refractivity contribution in [3.05, 3.63) is 204 Å². The lowest BCUT2D eigenvalue weighted by atomic mass is 9.78. The van der Waals surface area contributed by atoms with Crippen LogP contribution in [0.4, 0.5) is 0 Å². The minimum atomic E-state index is -0.117. The smallest absolute Gasteiger partial charge is 0.0159 e. The molecule has 0 unspecified atom stereocenters. The molecule has 0 aromatic heterocycles. The predicted molar refractivity (Wildman–Crippen MR) is 252 cm³/mol. The van der Waals surface area contributed by atoms with E-state index in [1.54, 1.807) is 0 Å². The summed E-state index contributed by atoms with van der Waals surface area (Å²) < 4.78 is 0. The molecule has 0 aliphatic heterocycles. The Balaban J connectivity index is 0.803. The molecule has 0 heterocycles. The Kier molecular flexibility index (Phi) is 6.72. The van der Waals surface area contributed by atoms with Crippen LogP contribution in [0.25, 0.3) is 110 Å². The van der Waals surface area contributed by atoms with Crippen molar-refractivity contribution < 1.29 is 0 Å². The quantitative estimate of drug-likeness (QED) is 0.157. The number of benzene rings is 10. The number of rotatable bonds is 4. The molecule has 0 nitrogen and oxygen atoms in total. The Morgan fingerprint density at radius 1 is 0.407 bits per heavy atom. The van der Waals surface area contributed by atoms with E-state index < -0.39 is 0 Å². The van der Waals surface area contributed by atoms with Crippen molar-refractivity contribution in [1.29, 1.82) is 0 Å². The van der Waals surface area contributed by atoms with Crippen LogP contribution in [0.15, 0.2) is 176 Å². The van der Waals surface area contributed by atoms with Gasteiger partial charge in [0.1, 0.15) is 0 Å². The molecular weight excluding hydrogens is 709 g/mol. The number of fused-ring (bicyclic) bond motifs is 3. The fourth-order valence-electron chi connectivity index (χ4n) is 11.0. The molecule has 0 heteroatoms. The first-order valence-electron chi connectivity index (χ1n) is 21.1. The summed E-state index contributed by atoms with van der Waals surface area (Å²) in [7, 11) is 0. The summed E-state index contributed by atoms with van der Waals surface area (Å²) in [4.78, 5) is 0. The van der Waals surface area contributed by atoms with Gasteiger partial charge >= 0.3 is 0 Å². The lowest BCUT2D eigenvalue weighted by molar-refractivity contribution is 0.661. The van der Waals surface area contributed by atoms with Crippen LogP contribution in [0.2, 0.25) is 0 Å². The van der Waals surface area contributed by atoms with Crippen molar-refractivity contribution in [1.82, 2.24) is 0 Å². The van der Waals surface area contributed by atoms with Crippen molar-refractivity contribution in [3.8, 4) is 55.6 Å². The van der Waals surface area contributed by atoms with E-state index in [4.69, 9.17) is 0 Å². The Hall–Kier alpha value is -7.02. The molecule has 0 fully saturated rings.